The molecule has 5 aliphatic rings. The summed E-state index contributed by atoms with van der Waals surface area (Å²) in [5, 5.41) is 212. The fourth-order valence-corrected chi connectivity index (χ4v) is 11.7. The molecule has 0 amide bonds. The number of fused-ring (bicyclic) bond motifs is 1. The Hall–Kier alpha value is -9.34. The van der Waals surface area contributed by atoms with E-state index >= 15 is 0 Å². The number of esters is 3. The van der Waals surface area contributed by atoms with Gasteiger partial charge in [-0.15, -0.1) is 0 Å². The summed E-state index contributed by atoms with van der Waals surface area (Å²) in [5.41, 5.74) is 0.977. The lowest BCUT2D eigenvalue weighted by molar-refractivity contribution is -0.278. The topological polar surface area (TPSA) is 587 Å². The molecule has 0 unspecified atom stereocenters. The maximum absolute atomic E-state index is 13.1. The molecule has 588 valence electrons. The number of aliphatic hydroxyl groups excluding tert-OH is 17. The third-order valence-corrected chi connectivity index (χ3v) is 18.0. The molecule has 5 saturated heterocycles. The number of hydrogen-bond donors (Lipinski definition) is 20. The van der Waals surface area contributed by atoms with Gasteiger partial charge in [0.15, 0.2) is 11.5 Å². The van der Waals surface area contributed by atoms with Gasteiger partial charge in [0, 0.05) is 36.4 Å². The summed E-state index contributed by atoms with van der Waals surface area (Å²) in [6.45, 7) is -3.58. The molecule has 11 rings (SSSR count). The highest BCUT2D eigenvalue weighted by atomic mass is 16.7. The van der Waals surface area contributed by atoms with Crippen molar-refractivity contribution in [3.8, 4) is 57.3 Å². The van der Waals surface area contributed by atoms with Crippen LogP contribution < -0.4 is 23.7 Å². The van der Waals surface area contributed by atoms with Crippen molar-refractivity contribution in [2.45, 2.75) is 154 Å². The lowest BCUT2D eigenvalue weighted by Gasteiger charge is -2.39. The van der Waals surface area contributed by atoms with E-state index in [0.717, 1.165) is 48.6 Å². The molecule has 37 nitrogen and oxygen atoms in total. The minimum Gasteiger partial charge on any atom is -0.508 e. The van der Waals surface area contributed by atoms with Crippen LogP contribution in [0.5, 0.6) is 46.0 Å². The molecule has 109 heavy (non-hydrogen) atoms. The third kappa shape index (κ3) is 19.1. The Morgan fingerprint density at radius 2 is 0.688 bits per heavy atom. The molecular formula is C72H79O37+. The molecule has 5 fully saturated rings. The van der Waals surface area contributed by atoms with Crippen LogP contribution in [0.2, 0.25) is 0 Å². The van der Waals surface area contributed by atoms with Gasteiger partial charge in [0.25, 0.3) is 0 Å². The smallest absolute Gasteiger partial charge is 0.402 e. The van der Waals surface area contributed by atoms with E-state index in [4.69, 9.17) is 66.0 Å². The molecule has 6 heterocycles. The van der Waals surface area contributed by atoms with Crippen LogP contribution in [-0.2, 0) is 52.3 Å². The van der Waals surface area contributed by atoms with Crippen molar-refractivity contribution in [3.05, 3.63) is 144 Å². The fraction of sp³-hybridized carbons (Fsp3) is 0.417. The second-order valence-electron chi connectivity index (χ2n) is 25.6. The van der Waals surface area contributed by atoms with Gasteiger partial charge >= 0.3 is 29.3 Å². The monoisotopic (exact) mass is 1540 g/mol. The summed E-state index contributed by atoms with van der Waals surface area (Å²) in [4.78, 5) is 38.4. The van der Waals surface area contributed by atoms with Crippen molar-refractivity contribution in [1.82, 2.24) is 0 Å². The van der Waals surface area contributed by atoms with Crippen molar-refractivity contribution in [3.63, 3.8) is 0 Å². The third-order valence-electron chi connectivity index (χ3n) is 18.0. The molecule has 0 radical (unpaired) electrons. The average molecular weight is 1540 g/mol. The molecule has 0 aliphatic carbocycles. The Morgan fingerprint density at radius 3 is 1.07 bits per heavy atom. The van der Waals surface area contributed by atoms with E-state index in [9.17, 15) is 117 Å². The number of phenolic OH excluding ortho intramolecular Hbond substituents is 3. The number of carbonyl (C=O) groups is 3. The molecule has 5 aliphatic heterocycles. The van der Waals surface area contributed by atoms with Gasteiger partial charge in [-0.05, 0) is 83.4 Å². The van der Waals surface area contributed by atoms with Gasteiger partial charge in [-0.3, -0.25) is 0 Å². The van der Waals surface area contributed by atoms with Crippen LogP contribution >= 0.6 is 0 Å². The van der Waals surface area contributed by atoms with Crippen molar-refractivity contribution >= 4 is 47.1 Å². The zero-order valence-corrected chi connectivity index (χ0v) is 56.7. The second-order valence-corrected chi connectivity index (χ2v) is 25.6. The summed E-state index contributed by atoms with van der Waals surface area (Å²) < 4.78 is 79.3. The molecule has 0 spiro atoms. The second kappa shape index (κ2) is 35.6. The summed E-state index contributed by atoms with van der Waals surface area (Å²) in [7, 11) is 0. The zero-order chi connectivity index (χ0) is 78.2. The van der Waals surface area contributed by atoms with Gasteiger partial charge in [-0.2, -0.15) is 0 Å². The number of carbonyl (C=O) groups excluding carboxylic acids is 3. The number of aromatic hydroxyl groups is 3. The number of rotatable bonds is 25. The van der Waals surface area contributed by atoms with Gasteiger partial charge in [-0.1, -0.05) is 36.4 Å². The van der Waals surface area contributed by atoms with Crippen LogP contribution in [0.25, 0.3) is 40.5 Å². The van der Waals surface area contributed by atoms with Crippen LogP contribution in [0.1, 0.15) is 16.7 Å². The maximum atomic E-state index is 13.1. The number of ether oxygens (including phenoxy) is 13. The Balaban J connectivity index is 0.712. The summed E-state index contributed by atoms with van der Waals surface area (Å²) in [5.74, 6) is -5.53. The van der Waals surface area contributed by atoms with Crippen LogP contribution in [0.3, 0.4) is 0 Å². The Labute approximate surface area is 615 Å². The summed E-state index contributed by atoms with van der Waals surface area (Å²) in [6.07, 6.45) is -36.6. The lowest BCUT2D eigenvalue weighted by atomic mass is 9.99. The van der Waals surface area contributed by atoms with Gasteiger partial charge in [-0.25, -0.2) is 18.8 Å². The maximum Gasteiger partial charge on any atom is 0.402 e. The largest absolute Gasteiger partial charge is 0.508 e. The van der Waals surface area contributed by atoms with Crippen LogP contribution in [0, 0.1) is 0 Å². The highest BCUT2D eigenvalue weighted by Crippen LogP contribution is 2.44. The number of phenols is 3. The van der Waals surface area contributed by atoms with Crippen molar-refractivity contribution in [2.24, 2.45) is 0 Å². The zero-order valence-electron chi connectivity index (χ0n) is 56.7. The first-order valence-corrected chi connectivity index (χ1v) is 33.6. The molecule has 0 bridgehead atoms. The Bertz CT molecular complexity index is 4160. The van der Waals surface area contributed by atoms with E-state index < -0.39 is 227 Å². The highest BCUT2D eigenvalue weighted by molar-refractivity contribution is 5.90. The van der Waals surface area contributed by atoms with E-state index in [1.54, 1.807) is 0 Å². The fourth-order valence-electron chi connectivity index (χ4n) is 11.7. The van der Waals surface area contributed by atoms with E-state index in [2.05, 4.69) is 0 Å². The quantitative estimate of drug-likeness (QED) is 0.0113. The van der Waals surface area contributed by atoms with E-state index in [0.29, 0.717) is 16.7 Å². The minimum atomic E-state index is -2.07. The standard InChI is InChI=1S/C72H78O37/c73-25-44-52(81)57(86)62(91)68(105-44)99-35-13-3-31(4-14-35)8-19-50(79)96-27-46-54(83)59(88)63(92)69(107-46)100-36-15-5-32(6-16-36)9-20-51(80)98-29-48-56(85)61(90)66(95)71(109-48)103-42-21-33(10-17-39(42)76)67-43(104-72-65(94)58(87)53(82)45(26-74)106-72)24-38-40(77)22-37(23-41(38)102-67)101-70-64(93)60(89)55(84)47(108-70)28-97-49(78)18-7-30-1-11-34(75)12-2-30/h1-24,44-48,52-66,68-74,81-95H,25-29H2,(H2-,75,76,77,78)/p+1/b19-8+,20-9+/t44-,45-,46-,47-,48-,52-,53-,54-,55-,56-,57+,58+,59+,60+,61+,62-,63-,64-,65-,66-,68-,69-,70-,71-,72-/m1/s1. The number of benzene rings is 5. The molecule has 37 heteroatoms. The Morgan fingerprint density at radius 1 is 0.349 bits per heavy atom. The molecule has 5 aromatic carbocycles. The van der Waals surface area contributed by atoms with E-state index in [1.165, 1.54) is 97.1 Å². The molecular weight excluding hydrogens is 1460 g/mol. The van der Waals surface area contributed by atoms with Gasteiger partial charge in [0.1, 0.15) is 176 Å². The first-order chi connectivity index (χ1) is 52.1. The predicted octanol–water partition coefficient (Wildman–Crippen LogP) is -3.82. The SMILES string of the molecule is O=C(C=Cc1ccc(O)cc1)OC[C@H]1O[C@@H](Oc2cc(O)c3cc(O[C@@H]4O[C@H](CO)[C@@H](O)[C@H](O)[C@H]4O)c(-c4ccc(O)c(O[C@@H]5O[C@H](COC(=O)/C=C/c6ccc(O[C@@H]7O[C@H](COC(=O)/C=C/c8ccc(O[C@@H]9O[C@H](CO)[C@@H](O)[C@H](O)[C@H]9O)cc8)[C@@H](O)[C@H](O)[C@H]7O)cc6)[C@@H](O)[C@H](O)[C@H]5O)c4)[o+]c3c2)[C@H](O)[C@@H](O)[C@@H]1O. The number of aliphatic hydroxyl groups is 17. The van der Waals surface area contributed by atoms with E-state index in [1.807, 2.05) is 0 Å². The normalized spacial score (nSPS) is 32.8. The van der Waals surface area contributed by atoms with Gasteiger partial charge in [0.2, 0.25) is 37.2 Å². The Kier molecular flexibility index (Phi) is 26.3. The predicted molar refractivity (Wildman–Crippen MR) is 361 cm³/mol. The van der Waals surface area contributed by atoms with Crippen LogP contribution in [0.15, 0.2) is 132 Å². The minimum absolute atomic E-state index is 0.00798. The highest BCUT2D eigenvalue weighted by Gasteiger charge is 2.51. The molecule has 25 atom stereocenters. The van der Waals surface area contributed by atoms with Crippen molar-refractivity contribution < 1.29 is 183 Å². The average Bonchev–Trinajstić information content (AvgIpc) is 0.763. The first kappa shape index (κ1) is 80.7. The lowest BCUT2D eigenvalue weighted by Crippen LogP contribution is -2.60. The van der Waals surface area contributed by atoms with Gasteiger partial charge in [0.05, 0.1) is 24.8 Å². The van der Waals surface area contributed by atoms with Crippen LogP contribution in [0.4, 0.5) is 0 Å². The van der Waals surface area contributed by atoms with E-state index in [-0.39, 0.29) is 45.3 Å². The van der Waals surface area contributed by atoms with Crippen molar-refractivity contribution in [1.29, 1.82) is 0 Å². The first-order valence-electron chi connectivity index (χ1n) is 33.6. The summed E-state index contributed by atoms with van der Waals surface area (Å²) in [6, 6.07) is 24.1. The molecule has 1 aromatic heterocycles. The number of hydrogen-bond acceptors (Lipinski definition) is 36. The molecule has 0 saturated carbocycles. The molecule has 6 aromatic rings. The summed E-state index contributed by atoms with van der Waals surface area (Å²) >= 11 is 0. The molecule has 20 N–H and O–H groups in total. The van der Waals surface area contributed by atoms with Crippen LogP contribution in [-0.4, -0.2) is 307 Å². The van der Waals surface area contributed by atoms with Gasteiger partial charge < -0.3 is 164 Å². The van der Waals surface area contributed by atoms with Crippen molar-refractivity contribution in [2.75, 3.05) is 33.0 Å².